The van der Waals surface area contributed by atoms with Gasteiger partial charge in [-0.25, -0.2) is 0 Å². The first kappa shape index (κ1) is 10.7. The summed E-state index contributed by atoms with van der Waals surface area (Å²) in [5, 5.41) is 0.817. The summed E-state index contributed by atoms with van der Waals surface area (Å²) in [6.45, 7) is 2.17. The van der Waals surface area contributed by atoms with Gasteiger partial charge in [0.2, 0.25) is 0 Å². The third kappa shape index (κ3) is 3.49. The van der Waals surface area contributed by atoms with Gasteiger partial charge in [-0.05, 0) is 35.9 Å². The van der Waals surface area contributed by atoms with Crippen LogP contribution < -0.4 is 5.73 Å². The van der Waals surface area contributed by atoms with E-state index in [2.05, 4.69) is 6.92 Å². The summed E-state index contributed by atoms with van der Waals surface area (Å²) < 4.78 is 0. The lowest BCUT2D eigenvalue weighted by atomic mass is 10.2. The molecule has 0 unspecified atom stereocenters. The number of thioether (sulfide) groups is 1. The summed E-state index contributed by atoms with van der Waals surface area (Å²) >= 11 is 7.90. The van der Waals surface area contributed by atoms with Crippen LogP contribution in [0.1, 0.15) is 18.9 Å². The van der Waals surface area contributed by atoms with Crippen molar-refractivity contribution in [2.45, 2.75) is 19.1 Å². The number of anilines is 1. The molecule has 1 nitrogen and oxygen atoms in total. The van der Waals surface area contributed by atoms with E-state index in [0.717, 1.165) is 22.0 Å². The Morgan fingerprint density at radius 3 is 2.92 bits per heavy atom. The summed E-state index contributed by atoms with van der Waals surface area (Å²) in [5.41, 5.74) is 7.59. The average molecular weight is 216 g/mol. The Kier molecular flexibility index (Phi) is 4.46. The van der Waals surface area contributed by atoms with E-state index in [0.29, 0.717) is 0 Å². The molecule has 0 spiro atoms. The van der Waals surface area contributed by atoms with Crippen LogP contribution in [0.2, 0.25) is 5.02 Å². The summed E-state index contributed by atoms with van der Waals surface area (Å²) in [7, 11) is 0. The van der Waals surface area contributed by atoms with Crippen molar-refractivity contribution in [2.75, 3.05) is 11.5 Å². The Hall–Kier alpha value is -0.340. The van der Waals surface area contributed by atoms with Crippen molar-refractivity contribution in [1.29, 1.82) is 0 Å². The first-order valence-corrected chi connectivity index (χ1v) is 5.89. The maximum absolute atomic E-state index is 6.01. The van der Waals surface area contributed by atoms with E-state index < -0.39 is 0 Å². The molecule has 3 heteroatoms. The Bertz CT molecular complexity index is 276. The number of hydrogen-bond acceptors (Lipinski definition) is 2. The fourth-order valence-corrected chi connectivity index (χ4v) is 2.19. The number of nitrogens with two attached hydrogens (primary N) is 1. The molecule has 0 fully saturated rings. The molecule has 1 aromatic rings. The molecule has 0 saturated heterocycles. The van der Waals surface area contributed by atoms with Crippen LogP contribution in [0.3, 0.4) is 0 Å². The molecule has 1 aromatic carbocycles. The van der Waals surface area contributed by atoms with Gasteiger partial charge in [0.1, 0.15) is 0 Å². The second-order valence-electron chi connectivity index (χ2n) is 2.90. The standard InChI is InChI=1S/C10H14ClNS/c1-2-5-13-7-8-6-9(12)3-4-10(8)11/h3-4,6H,2,5,7,12H2,1H3. The smallest absolute Gasteiger partial charge is 0.0447 e. The van der Waals surface area contributed by atoms with Crippen LogP contribution in [0.15, 0.2) is 18.2 Å². The van der Waals surface area contributed by atoms with E-state index in [-0.39, 0.29) is 0 Å². The van der Waals surface area contributed by atoms with Gasteiger partial charge in [0, 0.05) is 16.5 Å². The fraction of sp³-hybridized carbons (Fsp3) is 0.400. The molecule has 1 rings (SSSR count). The molecule has 0 heterocycles. The van der Waals surface area contributed by atoms with Gasteiger partial charge < -0.3 is 5.73 Å². The average Bonchev–Trinajstić information content (AvgIpc) is 2.11. The second kappa shape index (κ2) is 5.40. The summed E-state index contributed by atoms with van der Waals surface area (Å²) in [4.78, 5) is 0. The second-order valence-corrected chi connectivity index (χ2v) is 4.42. The van der Waals surface area contributed by atoms with Crippen molar-refractivity contribution >= 4 is 29.1 Å². The van der Waals surface area contributed by atoms with Gasteiger partial charge in [0.25, 0.3) is 0 Å². The third-order valence-electron chi connectivity index (χ3n) is 1.68. The number of benzene rings is 1. The minimum Gasteiger partial charge on any atom is -0.399 e. The number of hydrogen-bond donors (Lipinski definition) is 1. The Labute approximate surface area is 88.7 Å². The van der Waals surface area contributed by atoms with E-state index in [1.54, 1.807) is 0 Å². The van der Waals surface area contributed by atoms with Gasteiger partial charge in [-0.3, -0.25) is 0 Å². The van der Waals surface area contributed by atoms with E-state index >= 15 is 0 Å². The maximum atomic E-state index is 6.01. The third-order valence-corrected chi connectivity index (χ3v) is 3.26. The van der Waals surface area contributed by atoms with E-state index in [1.165, 1.54) is 12.2 Å². The molecule has 0 aliphatic rings. The molecule has 0 atom stereocenters. The van der Waals surface area contributed by atoms with Gasteiger partial charge in [0.05, 0.1) is 0 Å². The minimum absolute atomic E-state index is 0.788. The SMILES string of the molecule is CCCSCc1cc(N)ccc1Cl. The van der Waals surface area contributed by atoms with Crippen LogP contribution in [0.4, 0.5) is 5.69 Å². The van der Waals surface area contributed by atoms with Crippen LogP contribution in [0.25, 0.3) is 0 Å². The van der Waals surface area contributed by atoms with Gasteiger partial charge in [-0.15, -0.1) is 0 Å². The molecule has 0 aliphatic carbocycles. The topological polar surface area (TPSA) is 26.0 Å². The van der Waals surface area contributed by atoms with Gasteiger partial charge in [-0.1, -0.05) is 18.5 Å². The molecule has 0 aliphatic heterocycles. The van der Waals surface area contributed by atoms with Crippen LogP contribution in [-0.4, -0.2) is 5.75 Å². The molecule has 0 radical (unpaired) electrons. The highest BCUT2D eigenvalue weighted by molar-refractivity contribution is 7.98. The molecular formula is C10H14ClNS. The maximum Gasteiger partial charge on any atom is 0.0447 e. The fourth-order valence-electron chi connectivity index (χ4n) is 1.03. The quantitative estimate of drug-likeness (QED) is 0.614. The summed E-state index contributed by atoms with van der Waals surface area (Å²) in [5.74, 6) is 2.13. The molecule has 72 valence electrons. The number of nitrogen functional groups attached to an aromatic ring is 1. The lowest BCUT2D eigenvalue weighted by Gasteiger charge is -2.04. The Balaban J connectivity index is 2.59. The van der Waals surface area contributed by atoms with E-state index in [1.807, 2.05) is 30.0 Å². The van der Waals surface area contributed by atoms with Crippen molar-refractivity contribution < 1.29 is 0 Å². The van der Waals surface area contributed by atoms with Gasteiger partial charge in [-0.2, -0.15) is 11.8 Å². The van der Waals surface area contributed by atoms with Crippen LogP contribution in [0.5, 0.6) is 0 Å². The Morgan fingerprint density at radius 1 is 1.46 bits per heavy atom. The van der Waals surface area contributed by atoms with Crippen LogP contribution >= 0.6 is 23.4 Å². The number of halogens is 1. The zero-order valence-electron chi connectivity index (χ0n) is 7.72. The monoisotopic (exact) mass is 215 g/mol. The predicted molar refractivity (Wildman–Crippen MR) is 62.3 cm³/mol. The first-order valence-electron chi connectivity index (χ1n) is 4.35. The zero-order chi connectivity index (χ0) is 9.68. The molecule has 0 bridgehead atoms. The highest BCUT2D eigenvalue weighted by Gasteiger charge is 2.00. The molecule has 0 amide bonds. The summed E-state index contributed by atoms with van der Waals surface area (Å²) in [6.07, 6.45) is 1.20. The minimum atomic E-state index is 0.788. The van der Waals surface area contributed by atoms with Crippen LogP contribution in [-0.2, 0) is 5.75 Å². The lowest BCUT2D eigenvalue weighted by Crippen LogP contribution is -1.89. The normalized spacial score (nSPS) is 10.3. The zero-order valence-corrected chi connectivity index (χ0v) is 9.29. The largest absolute Gasteiger partial charge is 0.399 e. The predicted octanol–water partition coefficient (Wildman–Crippen LogP) is 3.57. The van der Waals surface area contributed by atoms with Crippen molar-refractivity contribution in [3.63, 3.8) is 0 Å². The van der Waals surface area contributed by atoms with Crippen molar-refractivity contribution in [1.82, 2.24) is 0 Å². The summed E-state index contributed by atoms with van der Waals surface area (Å²) in [6, 6.07) is 5.64. The highest BCUT2D eigenvalue weighted by atomic mass is 35.5. The van der Waals surface area contributed by atoms with Crippen LogP contribution in [0, 0.1) is 0 Å². The van der Waals surface area contributed by atoms with E-state index in [9.17, 15) is 0 Å². The number of rotatable bonds is 4. The van der Waals surface area contributed by atoms with Gasteiger partial charge in [0.15, 0.2) is 0 Å². The molecule has 0 aromatic heterocycles. The molecule has 2 N–H and O–H groups in total. The molecule has 13 heavy (non-hydrogen) atoms. The molecular weight excluding hydrogens is 202 g/mol. The highest BCUT2D eigenvalue weighted by Crippen LogP contribution is 2.23. The van der Waals surface area contributed by atoms with Gasteiger partial charge >= 0.3 is 0 Å². The van der Waals surface area contributed by atoms with Crippen molar-refractivity contribution in [3.05, 3.63) is 28.8 Å². The van der Waals surface area contributed by atoms with Crippen molar-refractivity contribution in [3.8, 4) is 0 Å². The first-order chi connectivity index (χ1) is 6.24. The molecule has 0 saturated carbocycles. The lowest BCUT2D eigenvalue weighted by molar-refractivity contribution is 1.10. The van der Waals surface area contributed by atoms with E-state index in [4.69, 9.17) is 17.3 Å². The Morgan fingerprint density at radius 2 is 2.23 bits per heavy atom. The van der Waals surface area contributed by atoms with Crippen molar-refractivity contribution in [2.24, 2.45) is 0 Å².